The molecule has 0 spiro atoms. The molecule has 18 heavy (non-hydrogen) atoms. The van der Waals surface area contributed by atoms with Gasteiger partial charge in [-0.25, -0.2) is 9.78 Å². The smallest absolute Gasteiger partial charge is 0.329 e. The van der Waals surface area contributed by atoms with Gasteiger partial charge in [-0.15, -0.1) is 0 Å². The van der Waals surface area contributed by atoms with Gasteiger partial charge in [0, 0.05) is 7.05 Å². The molecule has 0 radical (unpaired) electrons. The number of hydrogen-bond acceptors (Lipinski definition) is 4. The van der Waals surface area contributed by atoms with E-state index in [9.17, 15) is 9.59 Å². The number of nitrogens with one attached hydrogen (secondary N) is 2. The summed E-state index contributed by atoms with van der Waals surface area (Å²) in [6, 6.07) is 1.80. The number of furan rings is 1. The number of rotatable bonds is 1. The predicted octanol–water partition coefficient (Wildman–Crippen LogP) is 0.518. The topological polar surface area (TPSA) is 96.7 Å². The van der Waals surface area contributed by atoms with Crippen LogP contribution in [0.3, 0.4) is 0 Å². The Hall–Kier alpha value is -2.57. The minimum absolute atomic E-state index is 0.253. The summed E-state index contributed by atoms with van der Waals surface area (Å²) in [6.07, 6.45) is 1.54. The molecule has 3 aromatic heterocycles. The van der Waals surface area contributed by atoms with Crippen LogP contribution in [0.15, 0.2) is 26.3 Å². The number of imidazole rings is 1. The van der Waals surface area contributed by atoms with Crippen LogP contribution in [-0.4, -0.2) is 19.5 Å². The Morgan fingerprint density at radius 2 is 2.11 bits per heavy atom. The normalized spacial score (nSPS) is 11.2. The molecular formula is C11H10N4O3. The second-order valence-electron chi connectivity index (χ2n) is 4.04. The van der Waals surface area contributed by atoms with Gasteiger partial charge in [-0.1, -0.05) is 0 Å². The lowest BCUT2D eigenvalue weighted by Gasteiger charge is -1.94. The molecule has 2 N–H and O–H groups in total. The minimum atomic E-state index is -0.498. The number of hydrogen-bond donors (Lipinski definition) is 2. The molecule has 3 rings (SSSR count). The molecule has 0 aliphatic heterocycles. The van der Waals surface area contributed by atoms with E-state index in [0.29, 0.717) is 17.2 Å². The van der Waals surface area contributed by atoms with E-state index in [1.807, 2.05) is 6.92 Å². The second kappa shape index (κ2) is 3.46. The van der Waals surface area contributed by atoms with E-state index >= 15 is 0 Å². The number of aromatic amines is 2. The number of aromatic nitrogens is 4. The summed E-state index contributed by atoms with van der Waals surface area (Å²) in [5, 5.41) is 0. The van der Waals surface area contributed by atoms with E-state index in [0.717, 1.165) is 5.56 Å². The molecule has 0 amide bonds. The standard InChI is InChI=1S/C11H10N4O3/c1-5-3-4-18-7(5)8-12-6-9(13-8)15(2)11(17)14-10(6)16/h3-4H,1-2H3,(H,12,13)(H,14,16,17). The van der Waals surface area contributed by atoms with Crippen molar-refractivity contribution in [2.24, 2.45) is 7.05 Å². The maximum Gasteiger partial charge on any atom is 0.329 e. The molecule has 3 heterocycles. The lowest BCUT2D eigenvalue weighted by molar-refractivity contribution is 0.576. The number of aryl methyl sites for hydroxylation is 2. The van der Waals surface area contributed by atoms with E-state index in [1.165, 1.54) is 4.57 Å². The highest BCUT2D eigenvalue weighted by atomic mass is 16.3. The van der Waals surface area contributed by atoms with Crippen LogP contribution in [0.2, 0.25) is 0 Å². The molecule has 0 aliphatic rings. The van der Waals surface area contributed by atoms with Crippen LogP contribution in [0, 0.1) is 6.92 Å². The SMILES string of the molecule is Cc1ccoc1-c1nc2c([nH]1)c(=O)[nH]c(=O)n2C. The lowest BCUT2D eigenvalue weighted by atomic mass is 10.3. The summed E-state index contributed by atoms with van der Waals surface area (Å²) in [6.45, 7) is 1.87. The molecule has 0 unspecified atom stereocenters. The number of H-pyrrole nitrogens is 2. The van der Waals surface area contributed by atoms with Gasteiger partial charge in [-0.2, -0.15) is 0 Å². The van der Waals surface area contributed by atoms with E-state index < -0.39 is 11.2 Å². The molecule has 7 heteroatoms. The van der Waals surface area contributed by atoms with Crippen molar-refractivity contribution in [1.29, 1.82) is 0 Å². The molecule has 0 atom stereocenters. The van der Waals surface area contributed by atoms with Gasteiger partial charge in [0.2, 0.25) is 0 Å². The highest BCUT2D eigenvalue weighted by Crippen LogP contribution is 2.22. The Morgan fingerprint density at radius 1 is 1.33 bits per heavy atom. The van der Waals surface area contributed by atoms with Gasteiger partial charge in [0.1, 0.15) is 5.52 Å². The lowest BCUT2D eigenvalue weighted by Crippen LogP contribution is -2.28. The largest absolute Gasteiger partial charge is 0.461 e. The Balaban J connectivity index is 2.40. The van der Waals surface area contributed by atoms with Crippen molar-refractivity contribution in [3.05, 3.63) is 38.7 Å². The van der Waals surface area contributed by atoms with Crippen molar-refractivity contribution < 1.29 is 4.42 Å². The average molecular weight is 246 g/mol. The molecule has 3 aromatic rings. The van der Waals surface area contributed by atoms with Crippen molar-refractivity contribution in [3.63, 3.8) is 0 Å². The zero-order valence-corrected chi connectivity index (χ0v) is 9.77. The zero-order chi connectivity index (χ0) is 12.9. The fraction of sp³-hybridized carbons (Fsp3) is 0.182. The Kier molecular flexibility index (Phi) is 2.03. The van der Waals surface area contributed by atoms with Crippen LogP contribution in [0.1, 0.15) is 5.56 Å². The zero-order valence-electron chi connectivity index (χ0n) is 9.77. The van der Waals surface area contributed by atoms with Crippen molar-refractivity contribution in [3.8, 4) is 11.6 Å². The van der Waals surface area contributed by atoms with Gasteiger partial charge in [0.15, 0.2) is 17.2 Å². The van der Waals surface area contributed by atoms with Crippen LogP contribution >= 0.6 is 0 Å². The summed E-state index contributed by atoms with van der Waals surface area (Å²) < 4.78 is 6.57. The van der Waals surface area contributed by atoms with Gasteiger partial charge in [0.05, 0.1) is 6.26 Å². The molecule has 92 valence electrons. The van der Waals surface area contributed by atoms with Crippen molar-refractivity contribution >= 4 is 11.2 Å². The molecule has 0 aliphatic carbocycles. The van der Waals surface area contributed by atoms with E-state index in [-0.39, 0.29) is 5.52 Å². The fourth-order valence-electron chi connectivity index (χ4n) is 1.83. The van der Waals surface area contributed by atoms with Gasteiger partial charge < -0.3 is 9.40 Å². The molecule has 0 saturated carbocycles. The second-order valence-corrected chi connectivity index (χ2v) is 4.04. The summed E-state index contributed by atoms with van der Waals surface area (Å²) >= 11 is 0. The molecular weight excluding hydrogens is 236 g/mol. The van der Waals surface area contributed by atoms with Gasteiger partial charge >= 0.3 is 5.69 Å². The number of fused-ring (bicyclic) bond motifs is 1. The third-order valence-corrected chi connectivity index (χ3v) is 2.83. The summed E-state index contributed by atoms with van der Waals surface area (Å²) in [4.78, 5) is 32.4. The first-order valence-corrected chi connectivity index (χ1v) is 5.31. The third kappa shape index (κ3) is 1.33. The highest BCUT2D eigenvalue weighted by Gasteiger charge is 2.15. The molecule has 0 bridgehead atoms. The first kappa shape index (κ1) is 10.6. The van der Waals surface area contributed by atoms with Gasteiger partial charge in [0.25, 0.3) is 5.56 Å². The minimum Gasteiger partial charge on any atom is -0.461 e. The first-order chi connectivity index (χ1) is 8.58. The van der Waals surface area contributed by atoms with Gasteiger partial charge in [-0.05, 0) is 18.6 Å². The van der Waals surface area contributed by atoms with Crippen molar-refractivity contribution in [2.45, 2.75) is 6.92 Å². The van der Waals surface area contributed by atoms with Crippen LogP contribution in [0.4, 0.5) is 0 Å². The highest BCUT2D eigenvalue weighted by molar-refractivity contribution is 5.74. The van der Waals surface area contributed by atoms with Gasteiger partial charge in [-0.3, -0.25) is 14.3 Å². The first-order valence-electron chi connectivity index (χ1n) is 5.31. The summed E-state index contributed by atoms with van der Waals surface area (Å²) in [5.74, 6) is 0.984. The van der Waals surface area contributed by atoms with Crippen LogP contribution < -0.4 is 11.2 Å². The van der Waals surface area contributed by atoms with Crippen LogP contribution in [0.25, 0.3) is 22.7 Å². The monoisotopic (exact) mass is 246 g/mol. The summed E-state index contributed by atoms with van der Waals surface area (Å²) in [5.41, 5.74) is 0.464. The van der Waals surface area contributed by atoms with Crippen LogP contribution in [0.5, 0.6) is 0 Å². The Bertz CT molecular complexity index is 849. The van der Waals surface area contributed by atoms with E-state index in [1.54, 1.807) is 19.4 Å². The van der Waals surface area contributed by atoms with E-state index in [2.05, 4.69) is 15.0 Å². The summed E-state index contributed by atoms with van der Waals surface area (Å²) in [7, 11) is 1.54. The Morgan fingerprint density at radius 3 is 2.78 bits per heavy atom. The molecule has 7 nitrogen and oxygen atoms in total. The average Bonchev–Trinajstić information content (AvgIpc) is 2.92. The maximum atomic E-state index is 11.6. The quantitative estimate of drug-likeness (QED) is 0.654. The fourth-order valence-corrected chi connectivity index (χ4v) is 1.83. The predicted molar refractivity (Wildman–Crippen MR) is 64.4 cm³/mol. The Labute approximate surface area is 100 Å². The number of nitrogens with zero attached hydrogens (tertiary/aromatic N) is 2. The molecule has 0 fully saturated rings. The van der Waals surface area contributed by atoms with E-state index in [4.69, 9.17) is 4.42 Å². The van der Waals surface area contributed by atoms with Crippen molar-refractivity contribution in [2.75, 3.05) is 0 Å². The third-order valence-electron chi connectivity index (χ3n) is 2.83. The maximum absolute atomic E-state index is 11.6. The molecule has 0 saturated heterocycles. The van der Waals surface area contributed by atoms with Crippen molar-refractivity contribution in [1.82, 2.24) is 19.5 Å². The van der Waals surface area contributed by atoms with Crippen LogP contribution in [-0.2, 0) is 7.05 Å². The molecule has 0 aromatic carbocycles.